The SMILES string of the molecule is CCCCCCOC(=O)N=C(N)c1ccc(NCc2nc3cc(C(=O)N(CCCOCc4ccccc4)c4ccccc4)ccc3n2C)cc1. The number of amides is 2. The zero-order valence-corrected chi connectivity index (χ0v) is 28.9. The van der Waals surface area contributed by atoms with Crippen molar-refractivity contribution >= 4 is 40.2 Å². The van der Waals surface area contributed by atoms with E-state index >= 15 is 0 Å². The number of nitrogens with two attached hydrogens (primary N) is 1. The molecule has 0 spiro atoms. The van der Waals surface area contributed by atoms with Gasteiger partial charge in [-0.05, 0) is 73.0 Å². The largest absolute Gasteiger partial charge is 0.448 e. The Hall–Kier alpha value is -5.48. The summed E-state index contributed by atoms with van der Waals surface area (Å²) in [6.45, 7) is 4.54. The molecular weight excluding hydrogens is 628 g/mol. The fourth-order valence-electron chi connectivity index (χ4n) is 5.56. The maximum absolute atomic E-state index is 13.9. The molecule has 0 aliphatic rings. The number of aryl methyl sites for hydroxylation is 1. The molecule has 0 radical (unpaired) electrons. The summed E-state index contributed by atoms with van der Waals surface area (Å²) in [6, 6.07) is 32.8. The molecule has 5 rings (SSSR count). The number of carbonyl (C=O) groups excluding carboxylic acids is 2. The number of ether oxygens (including phenoxy) is 2. The van der Waals surface area contributed by atoms with E-state index in [-0.39, 0.29) is 11.7 Å². The molecule has 4 aromatic carbocycles. The maximum Gasteiger partial charge on any atom is 0.435 e. The van der Waals surface area contributed by atoms with Crippen LogP contribution >= 0.6 is 0 Å². The van der Waals surface area contributed by atoms with Crippen LogP contribution in [0, 0.1) is 0 Å². The van der Waals surface area contributed by atoms with E-state index in [0.29, 0.717) is 50.5 Å². The predicted molar refractivity (Wildman–Crippen MR) is 200 cm³/mol. The Morgan fingerprint density at radius 3 is 2.32 bits per heavy atom. The lowest BCUT2D eigenvalue weighted by Gasteiger charge is -2.23. The quantitative estimate of drug-likeness (QED) is 0.0585. The highest BCUT2D eigenvalue weighted by molar-refractivity contribution is 6.07. The topological polar surface area (TPSA) is 124 Å². The summed E-state index contributed by atoms with van der Waals surface area (Å²) >= 11 is 0. The molecule has 2 amide bonds. The lowest BCUT2D eigenvalue weighted by molar-refractivity contribution is 0.0973. The number of imidazole rings is 1. The van der Waals surface area contributed by atoms with Crippen molar-refractivity contribution in [2.24, 2.45) is 17.8 Å². The van der Waals surface area contributed by atoms with Gasteiger partial charge < -0.3 is 30.0 Å². The second-order valence-electron chi connectivity index (χ2n) is 12.1. The number of fused-ring (bicyclic) bond motifs is 1. The van der Waals surface area contributed by atoms with Crippen molar-refractivity contribution in [1.29, 1.82) is 0 Å². The molecule has 0 saturated heterocycles. The number of aliphatic imine (C=N–C) groups is 1. The van der Waals surface area contributed by atoms with Crippen molar-refractivity contribution in [2.75, 3.05) is 30.0 Å². The minimum absolute atomic E-state index is 0.0883. The fourth-order valence-corrected chi connectivity index (χ4v) is 5.56. The molecule has 0 unspecified atom stereocenters. The third kappa shape index (κ3) is 10.0. The number of amidine groups is 1. The minimum Gasteiger partial charge on any atom is -0.448 e. The van der Waals surface area contributed by atoms with Crippen LogP contribution in [-0.4, -0.2) is 47.1 Å². The molecule has 0 atom stereocenters. The van der Waals surface area contributed by atoms with E-state index in [1.54, 1.807) is 17.0 Å². The van der Waals surface area contributed by atoms with E-state index in [1.165, 1.54) is 0 Å². The molecule has 10 heteroatoms. The normalized spacial score (nSPS) is 11.4. The van der Waals surface area contributed by atoms with Crippen molar-refractivity contribution in [3.63, 3.8) is 0 Å². The van der Waals surface area contributed by atoms with Gasteiger partial charge in [0.05, 0.1) is 30.8 Å². The van der Waals surface area contributed by atoms with Crippen LogP contribution in [0.3, 0.4) is 0 Å². The zero-order chi connectivity index (χ0) is 35.1. The van der Waals surface area contributed by atoms with Gasteiger partial charge in [0.1, 0.15) is 11.7 Å². The molecule has 5 aromatic rings. The third-order valence-electron chi connectivity index (χ3n) is 8.38. The third-order valence-corrected chi connectivity index (χ3v) is 8.38. The maximum atomic E-state index is 13.9. The molecule has 0 aliphatic carbocycles. The van der Waals surface area contributed by atoms with Crippen LogP contribution in [0.2, 0.25) is 0 Å². The van der Waals surface area contributed by atoms with Crippen molar-refractivity contribution < 1.29 is 19.1 Å². The highest BCUT2D eigenvalue weighted by Gasteiger charge is 2.19. The van der Waals surface area contributed by atoms with Crippen LogP contribution in [0.1, 0.15) is 66.3 Å². The summed E-state index contributed by atoms with van der Waals surface area (Å²) in [4.78, 5) is 36.4. The number of carbonyl (C=O) groups is 2. The number of unbranched alkanes of at least 4 members (excludes halogenated alkanes) is 3. The van der Waals surface area contributed by atoms with Crippen LogP contribution in [0.4, 0.5) is 16.2 Å². The summed E-state index contributed by atoms with van der Waals surface area (Å²) in [5.74, 6) is 0.833. The molecule has 1 heterocycles. The van der Waals surface area contributed by atoms with E-state index in [9.17, 15) is 9.59 Å². The number of nitrogens with one attached hydrogen (secondary N) is 1. The van der Waals surface area contributed by atoms with Crippen molar-refractivity contribution in [1.82, 2.24) is 9.55 Å². The number of rotatable bonds is 17. The van der Waals surface area contributed by atoms with Crippen LogP contribution in [0.5, 0.6) is 0 Å². The average Bonchev–Trinajstić information content (AvgIpc) is 3.46. The minimum atomic E-state index is -0.676. The Labute approximate surface area is 293 Å². The Morgan fingerprint density at radius 1 is 0.860 bits per heavy atom. The number of para-hydroxylation sites is 1. The molecule has 0 fully saturated rings. The Kier molecular flexibility index (Phi) is 13.1. The van der Waals surface area contributed by atoms with Crippen LogP contribution in [-0.2, 0) is 29.7 Å². The highest BCUT2D eigenvalue weighted by atomic mass is 16.5. The fraction of sp³-hybridized carbons (Fsp3) is 0.300. The Balaban J connectivity index is 1.19. The number of anilines is 2. The van der Waals surface area contributed by atoms with Crippen molar-refractivity contribution in [3.8, 4) is 0 Å². The standard InChI is InChI=1S/C40H46N6O4/c1-3-4-5-12-26-50-40(48)44-38(41)31-18-21-33(22-19-31)42-28-37-43-35-27-32(20-23-36(35)45(37)2)39(47)46(34-16-10-7-11-17-34)24-13-25-49-29-30-14-8-6-9-15-30/h6-11,14-23,27,42H,3-5,12-13,24-26,28-29H2,1-2H3,(H2,41,44,48). The number of hydrogen-bond donors (Lipinski definition) is 2. The van der Waals surface area contributed by atoms with Gasteiger partial charge in [-0.25, -0.2) is 9.78 Å². The van der Waals surface area contributed by atoms with Crippen molar-refractivity contribution in [2.45, 2.75) is 52.2 Å². The zero-order valence-electron chi connectivity index (χ0n) is 28.9. The van der Waals surface area contributed by atoms with Gasteiger partial charge in [0.15, 0.2) is 0 Å². The lowest BCUT2D eigenvalue weighted by atomic mass is 10.1. The van der Waals surface area contributed by atoms with E-state index in [1.807, 2.05) is 103 Å². The average molecular weight is 675 g/mol. The van der Waals surface area contributed by atoms with E-state index in [2.05, 4.69) is 17.2 Å². The van der Waals surface area contributed by atoms with Gasteiger partial charge in [0.25, 0.3) is 5.91 Å². The van der Waals surface area contributed by atoms with Gasteiger partial charge in [0, 0.05) is 42.7 Å². The van der Waals surface area contributed by atoms with Gasteiger partial charge >= 0.3 is 6.09 Å². The number of hydrogen-bond acceptors (Lipinski definition) is 6. The van der Waals surface area contributed by atoms with Gasteiger partial charge in [-0.2, -0.15) is 4.99 Å². The molecule has 0 bridgehead atoms. The molecule has 50 heavy (non-hydrogen) atoms. The van der Waals surface area contributed by atoms with Gasteiger partial charge in [-0.1, -0.05) is 74.7 Å². The van der Waals surface area contributed by atoms with E-state index in [4.69, 9.17) is 20.2 Å². The highest BCUT2D eigenvalue weighted by Crippen LogP contribution is 2.22. The first-order valence-corrected chi connectivity index (χ1v) is 17.2. The molecule has 0 saturated carbocycles. The molecule has 0 aliphatic heterocycles. The summed E-state index contributed by atoms with van der Waals surface area (Å²) in [6.07, 6.45) is 4.09. The molecule has 10 nitrogen and oxygen atoms in total. The van der Waals surface area contributed by atoms with Gasteiger partial charge in [-0.3, -0.25) is 4.79 Å². The summed E-state index contributed by atoms with van der Waals surface area (Å²) in [5.41, 5.74) is 11.7. The summed E-state index contributed by atoms with van der Waals surface area (Å²) in [5, 5.41) is 3.39. The number of nitrogens with zero attached hydrogens (tertiary/aromatic N) is 4. The first kappa shape index (κ1) is 35.8. The molecule has 3 N–H and O–H groups in total. The van der Waals surface area contributed by atoms with Gasteiger partial charge in [0.2, 0.25) is 0 Å². The van der Waals surface area contributed by atoms with Crippen LogP contribution in [0.25, 0.3) is 11.0 Å². The number of aromatic nitrogens is 2. The first-order chi connectivity index (χ1) is 24.4. The van der Waals surface area contributed by atoms with E-state index in [0.717, 1.165) is 59.5 Å². The molecular formula is C40H46N6O4. The van der Waals surface area contributed by atoms with Crippen LogP contribution < -0.4 is 16.0 Å². The predicted octanol–water partition coefficient (Wildman–Crippen LogP) is 7.86. The first-order valence-electron chi connectivity index (χ1n) is 17.2. The lowest BCUT2D eigenvalue weighted by Crippen LogP contribution is -2.32. The number of benzene rings is 4. The smallest absolute Gasteiger partial charge is 0.435 e. The second kappa shape index (κ2) is 18.3. The molecule has 1 aromatic heterocycles. The van der Waals surface area contributed by atoms with E-state index < -0.39 is 6.09 Å². The summed E-state index contributed by atoms with van der Waals surface area (Å²) < 4.78 is 13.1. The Morgan fingerprint density at radius 2 is 1.58 bits per heavy atom. The van der Waals surface area contributed by atoms with Crippen LogP contribution in [0.15, 0.2) is 108 Å². The second-order valence-corrected chi connectivity index (χ2v) is 12.1. The monoisotopic (exact) mass is 674 g/mol. The van der Waals surface area contributed by atoms with Gasteiger partial charge in [-0.15, -0.1) is 0 Å². The Bertz CT molecular complexity index is 1860. The summed E-state index contributed by atoms with van der Waals surface area (Å²) in [7, 11) is 1.96. The van der Waals surface area contributed by atoms with Crippen molar-refractivity contribution in [3.05, 3.63) is 126 Å². The molecule has 260 valence electrons.